The van der Waals surface area contributed by atoms with Gasteiger partial charge in [0.05, 0.1) is 29.9 Å². The summed E-state index contributed by atoms with van der Waals surface area (Å²) in [5.41, 5.74) is 1.50. The molecule has 1 aromatic heterocycles. The Morgan fingerprint density at radius 1 is 1.05 bits per heavy atom. The summed E-state index contributed by atoms with van der Waals surface area (Å²) >= 11 is 0. The molecular formula is C32H38N4O6. The number of carbonyl (C=O) groups excluding carboxylic acids is 4. The fourth-order valence-electron chi connectivity index (χ4n) is 4.90. The second kappa shape index (κ2) is 13.5. The number of likely N-dealkylation sites (tertiary alicyclic amines) is 1. The molecule has 0 bridgehead atoms. The molecule has 0 unspecified atom stereocenters. The van der Waals surface area contributed by atoms with Crippen molar-refractivity contribution in [1.82, 2.24) is 15.2 Å². The first kappa shape index (κ1) is 30.5. The maximum atomic E-state index is 13.7. The standard InChI is InChI=1S/C32H38N4O6/c1-5-41-30(39)23-18-27(36(20-23)31(40)42-32(2,3)4)29(38)35-26(16-15-21-11-7-6-8-12-21)28(37)34-24-17-22-13-9-10-14-25(22)33-19-24/h6-14,17,19,23,26-27H,5,15-16,18,20H2,1-4H3,(H,34,37)(H,35,38)/t23-,26-,27-/m0/s1. The number of carbonyl (C=O) groups is 4. The van der Waals surface area contributed by atoms with Gasteiger partial charge in [-0.3, -0.25) is 24.3 Å². The highest BCUT2D eigenvalue weighted by Gasteiger charge is 2.45. The zero-order valence-electron chi connectivity index (χ0n) is 24.5. The van der Waals surface area contributed by atoms with Gasteiger partial charge < -0.3 is 20.1 Å². The van der Waals surface area contributed by atoms with Crippen molar-refractivity contribution < 1.29 is 28.7 Å². The van der Waals surface area contributed by atoms with Crippen molar-refractivity contribution in [2.24, 2.45) is 5.92 Å². The van der Waals surface area contributed by atoms with Crippen molar-refractivity contribution in [3.63, 3.8) is 0 Å². The van der Waals surface area contributed by atoms with E-state index >= 15 is 0 Å². The monoisotopic (exact) mass is 574 g/mol. The highest BCUT2D eigenvalue weighted by atomic mass is 16.6. The Balaban J connectivity index is 1.54. The van der Waals surface area contributed by atoms with Gasteiger partial charge in [0.2, 0.25) is 11.8 Å². The van der Waals surface area contributed by atoms with Crippen LogP contribution in [-0.2, 0) is 30.3 Å². The van der Waals surface area contributed by atoms with Crippen molar-refractivity contribution in [2.75, 3.05) is 18.5 Å². The summed E-state index contributed by atoms with van der Waals surface area (Å²) in [7, 11) is 0. The number of ether oxygens (including phenoxy) is 2. The molecule has 2 heterocycles. The van der Waals surface area contributed by atoms with Gasteiger partial charge in [-0.1, -0.05) is 48.5 Å². The normalized spacial score (nSPS) is 17.4. The van der Waals surface area contributed by atoms with Crippen molar-refractivity contribution in [3.8, 4) is 0 Å². The first-order valence-electron chi connectivity index (χ1n) is 14.2. The lowest BCUT2D eigenvalue weighted by Crippen LogP contribution is -2.52. The molecule has 0 aliphatic carbocycles. The van der Waals surface area contributed by atoms with Crippen LogP contribution in [0.3, 0.4) is 0 Å². The first-order chi connectivity index (χ1) is 20.0. The van der Waals surface area contributed by atoms with Crippen LogP contribution in [-0.4, -0.2) is 64.6 Å². The third kappa shape index (κ3) is 8.05. The zero-order chi connectivity index (χ0) is 30.3. The Labute approximate surface area is 245 Å². The largest absolute Gasteiger partial charge is 0.466 e. The molecule has 222 valence electrons. The Morgan fingerprint density at radius 2 is 1.76 bits per heavy atom. The molecule has 3 atom stereocenters. The van der Waals surface area contributed by atoms with Crippen LogP contribution in [0, 0.1) is 5.92 Å². The maximum Gasteiger partial charge on any atom is 0.410 e. The molecule has 3 aromatic rings. The predicted octanol–water partition coefficient (Wildman–Crippen LogP) is 4.48. The fraction of sp³-hybridized carbons (Fsp3) is 0.406. The number of hydrogen-bond donors (Lipinski definition) is 2. The van der Waals surface area contributed by atoms with Crippen LogP contribution < -0.4 is 10.6 Å². The van der Waals surface area contributed by atoms with Gasteiger partial charge >= 0.3 is 12.1 Å². The zero-order valence-corrected chi connectivity index (χ0v) is 24.5. The van der Waals surface area contributed by atoms with Gasteiger partial charge in [-0.25, -0.2) is 4.79 Å². The van der Waals surface area contributed by atoms with Crippen molar-refractivity contribution >= 4 is 40.5 Å². The average Bonchev–Trinajstić information content (AvgIpc) is 3.41. The molecule has 2 aromatic carbocycles. The second-order valence-electron chi connectivity index (χ2n) is 11.3. The van der Waals surface area contributed by atoms with Crippen molar-refractivity contribution in [3.05, 3.63) is 72.4 Å². The van der Waals surface area contributed by atoms with E-state index in [0.29, 0.717) is 18.5 Å². The smallest absolute Gasteiger partial charge is 0.410 e. The molecule has 1 aliphatic heterocycles. The van der Waals surface area contributed by atoms with E-state index in [1.54, 1.807) is 33.9 Å². The molecule has 1 aliphatic rings. The lowest BCUT2D eigenvalue weighted by molar-refractivity contribution is -0.147. The molecule has 4 rings (SSSR count). The van der Waals surface area contributed by atoms with Crippen LogP contribution in [0.5, 0.6) is 0 Å². The number of amides is 3. The Kier molecular flexibility index (Phi) is 9.77. The molecule has 0 spiro atoms. The number of nitrogens with one attached hydrogen (secondary N) is 2. The van der Waals surface area contributed by atoms with Gasteiger partial charge in [0.15, 0.2) is 0 Å². The minimum Gasteiger partial charge on any atom is -0.466 e. The topological polar surface area (TPSA) is 127 Å². The molecule has 3 amide bonds. The van der Waals surface area contributed by atoms with Crippen LogP contribution in [0.25, 0.3) is 10.9 Å². The highest BCUT2D eigenvalue weighted by molar-refractivity contribution is 5.99. The summed E-state index contributed by atoms with van der Waals surface area (Å²) in [5, 5.41) is 6.60. The quantitative estimate of drug-likeness (QED) is 0.361. The van der Waals surface area contributed by atoms with E-state index in [9.17, 15) is 19.2 Å². The van der Waals surface area contributed by atoms with Crippen LogP contribution in [0.4, 0.5) is 10.5 Å². The number of anilines is 1. The predicted molar refractivity (Wildman–Crippen MR) is 159 cm³/mol. The Bertz CT molecular complexity index is 1420. The second-order valence-corrected chi connectivity index (χ2v) is 11.3. The van der Waals surface area contributed by atoms with E-state index in [1.807, 2.05) is 60.7 Å². The number of aromatic nitrogens is 1. The summed E-state index contributed by atoms with van der Waals surface area (Å²) in [5.74, 6) is -2.13. The summed E-state index contributed by atoms with van der Waals surface area (Å²) in [6, 6.07) is 17.1. The molecule has 0 radical (unpaired) electrons. The SMILES string of the molecule is CCOC(=O)[C@H]1C[C@@H](C(=O)N[C@@H](CCc2ccccc2)C(=O)Nc2cnc3ccccc3c2)N(C(=O)OC(C)(C)C)C1. The number of fused-ring (bicyclic) bond motifs is 1. The van der Waals surface area contributed by atoms with E-state index in [2.05, 4.69) is 15.6 Å². The Hall–Kier alpha value is -4.47. The number of para-hydroxylation sites is 1. The van der Waals surface area contributed by atoms with E-state index in [-0.39, 0.29) is 19.6 Å². The summed E-state index contributed by atoms with van der Waals surface area (Å²) in [4.78, 5) is 58.5. The minimum atomic E-state index is -1.01. The van der Waals surface area contributed by atoms with Crippen LogP contribution in [0.2, 0.25) is 0 Å². The van der Waals surface area contributed by atoms with E-state index < -0.39 is 47.5 Å². The number of pyridine rings is 1. The van der Waals surface area contributed by atoms with Crippen LogP contribution in [0.15, 0.2) is 66.9 Å². The molecule has 0 saturated carbocycles. The lowest BCUT2D eigenvalue weighted by atomic mass is 10.0. The van der Waals surface area contributed by atoms with Crippen molar-refractivity contribution in [1.29, 1.82) is 0 Å². The number of aryl methyl sites for hydroxylation is 1. The summed E-state index contributed by atoms with van der Waals surface area (Å²) < 4.78 is 10.7. The molecule has 42 heavy (non-hydrogen) atoms. The van der Waals surface area contributed by atoms with Crippen LogP contribution >= 0.6 is 0 Å². The molecule has 2 N–H and O–H groups in total. The fourth-order valence-corrected chi connectivity index (χ4v) is 4.90. The van der Waals surface area contributed by atoms with Gasteiger partial charge in [0.25, 0.3) is 0 Å². The van der Waals surface area contributed by atoms with E-state index in [4.69, 9.17) is 9.47 Å². The molecule has 1 saturated heterocycles. The summed E-state index contributed by atoms with van der Waals surface area (Å²) in [6.45, 7) is 7.04. The Morgan fingerprint density at radius 3 is 2.48 bits per heavy atom. The van der Waals surface area contributed by atoms with Crippen LogP contribution in [0.1, 0.15) is 46.1 Å². The number of rotatable bonds is 9. The van der Waals surface area contributed by atoms with E-state index in [0.717, 1.165) is 16.5 Å². The average molecular weight is 575 g/mol. The third-order valence-electron chi connectivity index (χ3n) is 6.91. The van der Waals surface area contributed by atoms with Gasteiger partial charge in [0, 0.05) is 11.9 Å². The van der Waals surface area contributed by atoms with Crippen molar-refractivity contribution in [2.45, 2.75) is 64.6 Å². The first-order valence-corrected chi connectivity index (χ1v) is 14.2. The maximum absolute atomic E-state index is 13.7. The molecule has 10 nitrogen and oxygen atoms in total. The minimum absolute atomic E-state index is 0.0184. The lowest BCUT2D eigenvalue weighted by Gasteiger charge is -2.29. The molecular weight excluding hydrogens is 536 g/mol. The van der Waals surface area contributed by atoms with Gasteiger partial charge in [-0.15, -0.1) is 0 Å². The van der Waals surface area contributed by atoms with E-state index in [1.165, 1.54) is 4.90 Å². The highest BCUT2D eigenvalue weighted by Crippen LogP contribution is 2.27. The summed E-state index contributed by atoms with van der Waals surface area (Å²) in [6.07, 6.45) is 1.76. The molecule has 10 heteroatoms. The van der Waals surface area contributed by atoms with Gasteiger partial charge in [-0.05, 0) is 64.7 Å². The van der Waals surface area contributed by atoms with Gasteiger partial charge in [0.1, 0.15) is 17.7 Å². The molecule has 1 fully saturated rings. The number of esters is 1. The van der Waals surface area contributed by atoms with Gasteiger partial charge in [-0.2, -0.15) is 0 Å². The third-order valence-corrected chi connectivity index (χ3v) is 6.91. The number of benzene rings is 2. The number of hydrogen-bond acceptors (Lipinski definition) is 7. The number of nitrogens with zero attached hydrogens (tertiary/aromatic N) is 2.